The molecule has 0 unspecified atom stereocenters. The van der Waals surface area contributed by atoms with Crippen molar-refractivity contribution >= 4 is 17.3 Å². The van der Waals surface area contributed by atoms with E-state index in [-0.39, 0.29) is 5.54 Å². The molecule has 118 valence electrons. The number of aryl methyl sites for hydroxylation is 1. The predicted molar refractivity (Wildman–Crippen MR) is 93.0 cm³/mol. The fourth-order valence-corrected chi connectivity index (χ4v) is 4.76. The lowest BCUT2D eigenvalue weighted by atomic mass is 9.58. The van der Waals surface area contributed by atoms with Gasteiger partial charge in [0.1, 0.15) is 0 Å². The van der Waals surface area contributed by atoms with Gasteiger partial charge in [-0.3, -0.25) is 0 Å². The van der Waals surface area contributed by atoms with E-state index in [0.717, 1.165) is 29.1 Å². The molecule has 1 fully saturated rings. The Bertz CT molecular complexity index is 504. The molecule has 2 rings (SSSR count). The average Bonchev–Trinajstić information content (AvgIpc) is 2.30. The Labute approximate surface area is 134 Å². The molecule has 1 aliphatic carbocycles. The molecule has 0 radical (unpaired) electrons. The summed E-state index contributed by atoms with van der Waals surface area (Å²) in [6, 6.07) is 6.18. The molecule has 0 saturated heterocycles. The van der Waals surface area contributed by atoms with Gasteiger partial charge in [0, 0.05) is 17.3 Å². The van der Waals surface area contributed by atoms with Crippen molar-refractivity contribution in [1.82, 2.24) is 0 Å². The van der Waals surface area contributed by atoms with E-state index < -0.39 is 0 Å². The Kier molecular flexibility index (Phi) is 4.34. The van der Waals surface area contributed by atoms with Crippen LogP contribution < -0.4 is 11.1 Å². The van der Waals surface area contributed by atoms with Crippen LogP contribution in [0.15, 0.2) is 18.2 Å². The summed E-state index contributed by atoms with van der Waals surface area (Å²) in [6.45, 7) is 12.1. The van der Waals surface area contributed by atoms with Crippen molar-refractivity contribution in [3.05, 3.63) is 28.8 Å². The highest BCUT2D eigenvalue weighted by Gasteiger charge is 2.46. The van der Waals surface area contributed by atoms with Crippen LogP contribution in [0, 0.1) is 17.8 Å². The Hall–Kier alpha value is -0.730. The fraction of sp³-hybridized carbons (Fsp3) is 0.667. The fourth-order valence-electron chi connectivity index (χ4n) is 4.58. The summed E-state index contributed by atoms with van der Waals surface area (Å²) in [5.74, 6) is 0. The second-order valence-electron chi connectivity index (χ2n) is 8.43. The second-order valence-corrected chi connectivity index (χ2v) is 8.84. The van der Waals surface area contributed by atoms with Crippen LogP contribution in [0.4, 0.5) is 5.69 Å². The van der Waals surface area contributed by atoms with Crippen LogP contribution >= 0.6 is 11.6 Å². The predicted octanol–water partition coefficient (Wildman–Crippen LogP) is 4.99. The topological polar surface area (TPSA) is 38.0 Å². The van der Waals surface area contributed by atoms with E-state index >= 15 is 0 Å². The molecule has 0 spiro atoms. The van der Waals surface area contributed by atoms with Crippen molar-refractivity contribution < 1.29 is 0 Å². The lowest BCUT2D eigenvalue weighted by molar-refractivity contribution is 0.0623. The normalized spacial score (nSPS) is 22.8. The van der Waals surface area contributed by atoms with Gasteiger partial charge in [-0.25, -0.2) is 0 Å². The molecule has 0 aromatic heterocycles. The first kappa shape index (κ1) is 16.6. The highest BCUT2D eigenvalue weighted by molar-refractivity contribution is 6.31. The van der Waals surface area contributed by atoms with Crippen LogP contribution in [0.5, 0.6) is 0 Å². The molecule has 3 heteroatoms. The quantitative estimate of drug-likeness (QED) is 0.825. The first-order valence-corrected chi connectivity index (χ1v) is 8.19. The lowest BCUT2D eigenvalue weighted by Gasteiger charge is -2.52. The van der Waals surface area contributed by atoms with Crippen molar-refractivity contribution in [2.24, 2.45) is 16.6 Å². The first-order valence-electron chi connectivity index (χ1n) is 7.81. The van der Waals surface area contributed by atoms with Crippen LogP contribution in [0.25, 0.3) is 0 Å². The average molecular weight is 309 g/mol. The van der Waals surface area contributed by atoms with Gasteiger partial charge >= 0.3 is 0 Å². The summed E-state index contributed by atoms with van der Waals surface area (Å²) in [5, 5.41) is 4.52. The summed E-state index contributed by atoms with van der Waals surface area (Å²) in [5.41, 5.74) is 8.92. The molecular formula is C18H29ClN2. The summed E-state index contributed by atoms with van der Waals surface area (Å²) < 4.78 is 0. The molecule has 1 aromatic carbocycles. The van der Waals surface area contributed by atoms with E-state index in [2.05, 4.69) is 45.1 Å². The number of rotatable bonds is 3. The highest BCUT2D eigenvalue weighted by Crippen LogP contribution is 2.50. The zero-order valence-electron chi connectivity index (χ0n) is 14.0. The molecule has 0 bridgehead atoms. The third-order valence-corrected chi connectivity index (χ3v) is 4.97. The summed E-state index contributed by atoms with van der Waals surface area (Å²) in [4.78, 5) is 0. The van der Waals surface area contributed by atoms with Crippen LogP contribution in [0.3, 0.4) is 0 Å². The maximum Gasteiger partial charge on any atom is 0.0505 e. The van der Waals surface area contributed by atoms with Gasteiger partial charge in [-0.1, -0.05) is 45.4 Å². The largest absolute Gasteiger partial charge is 0.378 e. The molecule has 1 aliphatic rings. The van der Waals surface area contributed by atoms with Crippen LogP contribution in [0.2, 0.25) is 5.02 Å². The Morgan fingerprint density at radius 3 is 2.14 bits per heavy atom. The minimum absolute atomic E-state index is 0.0517. The molecule has 3 N–H and O–H groups in total. The Morgan fingerprint density at radius 2 is 1.67 bits per heavy atom. The van der Waals surface area contributed by atoms with Gasteiger partial charge in [0.05, 0.1) is 5.54 Å². The minimum Gasteiger partial charge on any atom is -0.378 e. The van der Waals surface area contributed by atoms with Gasteiger partial charge in [0.15, 0.2) is 0 Å². The lowest BCUT2D eigenvalue weighted by Crippen LogP contribution is -2.55. The van der Waals surface area contributed by atoms with Crippen LogP contribution in [-0.4, -0.2) is 12.1 Å². The van der Waals surface area contributed by atoms with Gasteiger partial charge in [0.25, 0.3) is 0 Å². The van der Waals surface area contributed by atoms with Crippen molar-refractivity contribution in [3.8, 4) is 0 Å². The van der Waals surface area contributed by atoms with E-state index in [4.69, 9.17) is 17.3 Å². The van der Waals surface area contributed by atoms with Gasteiger partial charge in [-0.2, -0.15) is 0 Å². The third kappa shape index (κ3) is 3.92. The van der Waals surface area contributed by atoms with Crippen molar-refractivity contribution in [3.63, 3.8) is 0 Å². The van der Waals surface area contributed by atoms with Gasteiger partial charge in [-0.15, -0.1) is 0 Å². The summed E-state index contributed by atoms with van der Waals surface area (Å²) in [7, 11) is 0. The first-order chi connectivity index (χ1) is 9.56. The van der Waals surface area contributed by atoms with Gasteiger partial charge in [-0.05, 0) is 54.7 Å². The van der Waals surface area contributed by atoms with Gasteiger partial charge in [0.2, 0.25) is 0 Å². The molecule has 1 saturated carbocycles. The number of hydrogen-bond acceptors (Lipinski definition) is 2. The number of nitrogens with one attached hydrogen (secondary N) is 1. The zero-order valence-corrected chi connectivity index (χ0v) is 14.8. The standard InChI is InChI=1S/C18H29ClN2/c1-13-6-7-14(8-15(13)19)21-18(12-20)10-16(2,3)9-17(4,5)11-18/h6-8,21H,9-12,20H2,1-5H3. The van der Waals surface area contributed by atoms with E-state index in [1.54, 1.807) is 0 Å². The number of halogens is 1. The maximum atomic E-state index is 6.26. The minimum atomic E-state index is -0.0517. The number of benzene rings is 1. The summed E-state index contributed by atoms with van der Waals surface area (Å²) >= 11 is 6.26. The van der Waals surface area contributed by atoms with Crippen molar-refractivity contribution in [1.29, 1.82) is 0 Å². The molecule has 0 amide bonds. The monoisotopic (exact) mass is 308 g/mol. The summed E-state index contributed by atoms with van der Waals surface area (Å²) in [6.07, 6.45) is 3.41. The van der Waals surface area contributed by atoms with Crippen molar-refractivity contribution in [2.75, 3.05) is 11.9 Å². The molecule has 2 nitrogen and oxygen atoms in total. The Balaban J connectivity index is 2.30. The van der Waals surface area contributed by atoms with Gasteiger partial charge < -0.3 is 11.1 Å². The molecule has 0 heterocycles. The van der Waals surface area contributed by atoms with E-state index in [0.29, 0.717) is 17.4 Å². The van der Waals surface area contributed by atoms with Crippen molar-refractivity contribution in [2.45, 2.75) is 59.4 Å². The molecule has 21 heavy (non-hydrogen) atoms. The van der Waals surface area contributed by atoms with E-state index in [1.165, 1.54) is 6.42 Å². The number of anilines is 1. The van der Waals surface area contributed by atoms with E-state index in [9.17, 15) is 0 Å². The number of nitrogens with two attached hydrogens (primary N) is 1. The molecule has 0 aliphatic heterocycles. The highest BCUT2D eigenvalue weighted by atomic mass is 35.5. The smallest absolute Gasteiger partial charge is 0.0505 e. The Morgan fingerprint density at radius 1 is 1.10 bits per heavy atom. The molecular weight excluding hydrogens is 280 g/mol. The zero-order chi connectivity index (χ0) is 15.9. The van der Waals surface area contributed by atoms with E-state index in [1.807, 2.05) is 13.0 Å². The van der Waals surface area contributed by atoms with Crippen LogP contribution in [0.1, 0.15) is 52.5 Å². The van der Waals surface area contributed by atoms with Crippen LogP contribution in [-0.2, 0) is 0 Å². The SMILES string of the molecule is Cc1ccc(NC2(CN)CC(C)(C)CC(C)(C)C2)cc1Cl. The molecule has 1 aromatic rings. The second kappa shape index (κ2) is 5.48. The maximum absolute atomic E-state index is 6.26. The molecule has 0 atom stereocenters. The number of hydrogen-bond donors (Lipinski definition) is 2. The third-order valence-electron chi connectivity index (χ3n) is 4.56.